The molecule has 2 aliphatic rings. The van der Waals surface area contributed by atoms with Crippen LogP contribution in [0.5, 0.6) is 0 Å². The molecule has 0 spiro atoms. The smallest absolute Gasteiger partial charge is 0.274 e. The highest BCUT2D eigenvalue weighted by Gasteiger charge is 2.32. The largest absolute Gasteiger partial charge is 0.336 e. The van der Waals surface area contributed by atoms with Gasteiger partial charge in [-0.3, -0.25) is 4.79 Å². The van der Waals surface area contributed by atoms with Crippen LogP contribution < -0.4 is 5.73 Å². The summed E-state index contributed by atoms with van der Waals surface area (Å²) in [6.07, 6.45) is 3.87. The molecule has 1 saturated heterocycles. The van der Waals surface area contributed by atoms with Crippen molar-refractivity contribution in [2.45, 2.75) is 31.7 Å². The Labute approximate surface area is 143 Å². The Morgan fingerprint density at radius 2 is 2.22 bits per heavy atom. The van der Waals surface area contributed by atoms with Gasteiger partial charge in [-0.1, -0.05) is 22.0 Å². The van der Waals surface area contributed by atoms with E-state index < -0.39 is 0 Å². The number of amides is 1. The van der Waals surface area contributed by atoms with Crippen molar-refractivity contribution >= 4 is 21.8 Å². The molecule has 0 unspecified atom stereocenters. The van der Waals surface area contributed by atoms with Gasteiger partial charge in [0, 0.05) is 34.9 Å². The summed E-state index contributed by atoms with van der Waals surface area (Å²) < 4.78 is 2.95. The van der Waals surface area contributed by atoms with Crippen LogP contribution in [0, 0.1) is 0 Å². The van der Waals surface area contributed by atoms with Gasteiger partial charge in [0.25, 0.3) is 5.91 Å². The second-order valence-corrected chi connectivity index (χ2v) is 7.23. The first-order valence-corrected chi connectivity index (χ1v) is 8.84. The molecule has 1 atom stereocenters. The average Bonchev–Trinajstić information content (AvgIpc) is 3.22. The van der Waals surface area contributed by atoms with Crippen LogP contribution in [0.4, 0.5) is 0 Å². The number of nitrogens with two attached hydrogens (primary N) is 1. The lowest BCUT2D eigenvalue weighted by Crippen LogP contribution is -2.32. The fourth-order valence-electron chi connectivity index (χ4n) is 3.55. The van der Waals surface area contributed by atoms with Crippen molar-refractivity contribution in [2.24, 2.45) is 5.73 Å². The molecular weight excluding hydrogens is 356 g/mol. The maximum Gasteiger partial charge on any atom is 0.274 e. The zero-order chi connectivity index (χ0) is 16.0. The number of hydrogen-bond donors (Lipinski definition) is 1. The zero-order valence-electron chi connectivity index (χ0n) is 12.8. The summed E-state index contributed by atoms with van der Waals surface area (Å²) in [5.74, 6) is 0.0323. The molecule has 0 saturated carbocycles. The highest BCUT2D eigenvalue weighted by molar-refractivity contribution is 9.10. The SMILES string of the molecule is N[C@@H]1CCN(C(=O)c2nn(-c3cccc(Br)c3)c3c2CCC3)C1. The number of fused-ring (bicyclic) bond motifs is 1. The number of carbonyl (C=O) groups excluding carboxylic acids is 1. The summed E-state index contributed by atoms with van der Waals surface area (Å²) in [4.78, 5) is 14.7. The van der Waals surface area contributed by atoms with Crippen LogP contribution >= 0.6 is 15.9 Å². The van der Waals surface area contributed by atoms with Crippen molar-refractivity contribution in [1.29, 1.82) is 0 Å². The van der Waals surface area contributed by atoms with E-state index in [4.69, 9.17) is 5.73 Å². The molecular formula is C17H19BrN4O. The number of hydrogen-bond acceptors (Lipinski definition) is 3. The van der Waals surface area contributed by atoms with E-state index in [9.17, 15) is 4.79 Å². The van der Waals surface area contributed by atoms with E-state index in [2.05, 4.69) is 21.0 Å². The highest BCUT2D eigenvalue weighted by Crippen LogP contribution is 2.29. The molecule has 120 valence electrons. The van der Waals surface area contributed by atoms with Gasteiger partial charge in [0.15, 0.2) is 5.69 Å². The van der Waals surface area contributed by atoms with Crippen LogP contribution in [-0.4, -0.2) is 39.7 Å². The summed E-state index contributed by atoms with van der Waals surface area (Å²) in [6.45, 7) is 1.37. The molecule has 5 nitrogen and oxygen atoms in total. The Kier molecular flexibility index (Phi) is 3.73. The second kappa shape index (κ2) is 5.76. The lowest BCUT2D eigenvalue weighted by Gasteiger charge is -2.14. The van der Waals surface area contributed by atoms with E-state index in [-0.39, 0.29) is 11.9 Å². The monoisotopic (exact) mass is 374 g/mol. The minimum Gasteiger partial charge on any atom is -0.336 e. The molecule has 2 heterocycles. The Morgan fingerprint density at radius 3 is 2.96 bits per heavy atom. The first-order chi connectivity index (χ1) is 11.1. The van der Waals surface area contributed by atoms with Crippen molar-refractivity contribution in [2.75, 3.05) is 13.1 Å². The molecule has 0 radical (unpaired) electrons. The van der Waals surface area contributed by atoms with Crippen LogP contribution in [0.3, 0.4) is 0 Å². The molecule has 1 amide bonds. The first-order valence-electron chi connectivity index (χ1n) is 8.05. The fourth-order valence-corrected chi connectivity index (χ4v) is 3.94. The van der Waals surface area contributed by atoms with Gasteiger partial charge in [0.05, 0.1) is 5.69 Å². The molecule has 2 N–H and O–H groups in total. The van der Waals surface area contributed by atoms with E-state index in [0.717, 1.165) is 48.0 Å². The molecule has 1 aliphatic carbocycles. The van der Waals surface area contributed by atoms with Crippen LogP contribution in [0.15, 0.2) is 28.7 Å². The number of likely N-dealkylation sites (tertiary alicyclic amines) is 1. The summed E-state index contributed by atoms with van der Waals surface area (Å²) in [6, 6.07) is 8.13. The highest BCUT2D eigenvalue weighted by atomic mass is 79.9. The second-order valence-electron chi connectivity index (χ2n) is 6.32. The maximum atomic E-state index is 12.8. The molecule has 4 rings (SSSR count). The Balaban J connectivity index is 1.74. The maximum absolute atomic E-state index is 12.8. The molecule has 23 heavy (non-hydrogen) atoms. The fraction of sp³-hybridized carbons (Fsp3) is 0.412. The summed E-state index contributed by atoms with van der Waals surface area (Å²) >= 11 is 3.51. The number of halogens is 1. The van der Waals surface area contributed by atoms with E-state index in [1.54, 1.807) is 0 Å². The van der Waals surface area contributed by atoms with Gasteiger partial charge in [0.1, 0.15) is 0 Å². The predicted molar refractivity (Wildman–Crippen MR) is 91.8 cm³/mol. The topological polar surface area (TPSA) is 64.2 Å². The van der Waals surface area contributed by atoms with Gasteiger partial charge in [-0.15, -0.1) is 0 Å². The van der Waals surface area contributed by atoms with Crippen LogP contribution in [-0.2, 0) is 12.8 Å². The van der Waals surface area contributed by atoms with E-state index in [0.29, 0.717) is 12.2 Å². The first kappa shape index (κ1) is 14.9. The summed E-state index contributed by atoms with van der Waals surface area (Å²) in [5.41, 5.74) is 9.85. The quantitative estimate of drug-likeness (QED) is 0.876. The predicted octanol–water partition coefficient (Wildman–Crippen LogP) is 2.30. The normalized spacial score (nSPS) is 20.1. The van der Waals surface area contributed by atoms with Crippen LogP contribution in [0.1, 0.15) is 34.6 Å². The molecule has 0 bridgehead atoms. The standard InChI is InChI=1S/C17H19BrN4O/c18-11-3-1-4-13(9-11)22-15-6-2-5-14(15)16(20-22)17(23)21-8-7-12(19)10-21/h1,3-4,9,12H,2,5-8,10,19H2/t12-/m1/s1. The van der Waals surface area contributed by atoms with Crippen molar-refractivity contribution in [3.8, 4) is 5.69 Å². The summed E-state index contributed by atoms with van der Waals surface area (Å²) in [5, 5.41) is 4.68. The van der Waals surface area contributed by atoms with Crippen LogP contribution in [0.2, 0.25) is 0 Å². The lowest BCUT2D eigenvalue weighted by atomic mass is 10.2. The van der Waals surface area contributed by atoms with Gasteiger partial charge >= 0.3 is 0 Å². The Morgan fingerprint density at radius 1 is 1.35 bits per heavy atom. The van der Waals surface area contributed by atoms with Crippen molar-refractivity contribution < 1.29 is 4.79 Å². The third-order valence-corrected chi connectivity index (χ3v) is 5.19. The molecule has 2 aromatic rings. The third kappa shape index (κ3) is 2.60. The molecule has 1 aromatic heterocycles. The zero-order valence-corrected chi connectivity index (χ0v) is 14.4. The van der Waals surface area contributed by atoms with Crippen molar-refractivity contribution in [3.63, 3.8) is 0 Å². The Hall–Kier alpha value is -1.66. The van der Waals surface area contributed by atoms with Gasteiger partial charge in [-0.25, -0.2) is 4.68 Å². The lowest BCUT2D eigenvalue weighted by molar-refractivity contribution is 0.0783. The average molecular weight is 375 g/mol. The number of carbonyl (C=O) groups is 1. The third-order valence-electron chi connectivity index (χ3n) is 4.70. The van der Waals surface area contributed by atoms with Crippen molar-refractivity contribution in [3.05, 3.63) is 45.7 Å². The number of benzene rings is 1. The van der Waals surface area contributed by atoms with Gasteiger partial charge in [-0.2, -0.15) is 5.10 Å². The van der Waals surface area contributed by atoms with E-state index in [1.165, 1.54) is 5.69 Å². The van der Waals surface area contributed by atoms with Gasteiger partial charge < -0.3 is 10.6 Å². The molecule has 1 aliphatic heterocycles. The molecule has 6 heteroatoms. The number of aromatic nitrogens is 2. The van der Waals surface area contributed by atoms with Crippen molar-refractivity contribution in [1.82, 2.24) is 14.7 Å². The van der Waals surface area contributed by atoms with E-state index >= 15 is 0 Å². The van der Waals surface area contributed by atoms with E-state index in [1.807, 2.05) is 33.8 Å². The van der Waals surface area contributed by atoms with Gasteiger partial charge in [0.2, 0.25) is 0 Å². The molecule has 1 fully saturated rings. The summed E-state index contributed by atoms with van der Waals surface area (Å²) in [7, 11) is 0. The Bertz CT molecular complexity index is 770. The number of nitrogens with zero attached hydrogens (tertiary/aromatic N) is 3. The molecule has 1 aromatic carbocycles. The number of rotatable bonds is 2. The minimum absolute atomic E-state index is 0.0323. The van der Waals surface area contributed by atoms with Crippen LogP contribution in [0.25, 0.3) is 5.69 Å². The minimum atomic E-state index is 0.0323. The van der Waals surface area contributed by atoms with Gasteiger partial charge in [-0.05, 0) is 43.9 Å².